The average molecular weight is 342 g/mol. The van der Waals surface area contributed by atoms with E-state index in [-0.39, 0.29) is 5.91 Å². The van der Waals surface area contributed by atoms with Crippen LogP contribution in [0.25, 0.3) is 10.2 Å². The van der Waals surface area contributed by atoms with Gasteiger partial charge in [-0.1, -0.05) is 36.5 Å². The maximum Gasteiger partial charge on any atom is 0.230 e. The lowest BCUT2D eigenvalue weighted by Gasteiger charge is -2.03. The zero-order valence-electron chi connectivity index (χ0n) is 13.1. The number of amides is 1. The predicted octanol–water partition coefficient (Wildman–Crippen LogP) is 4.90. The zero-order chi connectivity index (χ0) is 16.2. The molecule has 1 N–H and O–H groups in total. The molecule has 0 unspecified atom stereocenters. The third-order valence-corrected chi connectivity index (χ3v) is 5.22. The fourth-order valence-corrected chi connectivity index (χ4v) is 3.95. The maximum absolute atomic E-state index is 12.2. The number of hydrogen-bond acceptors (Lipinski definition) is 4. The first-order valence-corrected chi connectivity index (χ1v) is 9.33. The Morgan fingerprint density at radius 2 is 2.00 bits per heavy atom. The van der Waals surface area contributed by atoms with Crippen molar-refractivity contribution >= 4 is 44.4 Å². The van der Waals surface area contributed by atoms with E-state index >= 15 is 0 Å². The van der Waals surface area contributed by atoms with Crippen molar-refractivity contribution in [3.05, 3.63) is 53.6 Å². The Kier molecular flexibility index (Phi) is 4.98. The smallest absolute Gasteiger partial charge is 0.230 e. The molecule has 1 amide bonds. The van der Waals surface area contributed by atoms with Gasteiger partial charge in [0.2, 0.25) is 5.91 Å². The topological polar surface area (TPSA) is 42.0 Å². The normalized spacial score (nSPS) is 10.9. The number of carbonyl (C=O) groups excluding carboxylic acids is 1. The minimum Gasteiger partial charge on any atom is -0.302 e. The maximum atomic E-state index is 12.2. The summed E-state index contributed by atoms with van der Waals surface area (Å²) in [6.07, 6.45) is 0.367. The van der Waals surface area contributed by atoms with Crippen molar-refractivity contribution in [3.63, 3.8) is 0 Å². The molecule has 0 saturated heterocycles. The van der Waals surface area contributed by atoms with Crippen molar-refractivity contribution in [3.8, 4) is 0 Å². The van der Waals surface area contributed by atoms with E-state index in [0.717, 1.165) is 21.5 Å². The molecule has 3 aromatic rings. The van der Waals surface area contributed by atoms with E-state index in [4.69, 9.17) is 0 Å². The van der Waals surface area contributed by atoms with E-state index in [1.165, 1.54) is 21.8 Å². The quantitative estimate of drug-likeness (QED) is 0.671. The number of nitrogens with zero attached hydrogens (tertiary/aromatic N) is 1. The van der Waals surface area contributed by atoms with Gasteiger partial charge >= 0.3 is 0 Å². The van der Waals surface area contributed by atoms with Gasteiger partial charge in [-0.25, -0.2) is 4.98 Å². The van der Waals surface area contributed by atoms with Crippen LogP contribution < -0.4 is 5.32 Å². The van der Waals surface area contributed by atoms with Crippen LogP contribution in [-0.2, 0) is 11.2 Å². The van der Waals surface area contributed by atoms with Crippen LogP contribution in [0.4, 0.5) is 5.13 Å². The minimum absolute atomic E-state index is 0.0309. The fraction of sp³-hybridized carbons (Fsp3) is 0.222. The predicted molar refractivity (Wildman–Crippen MR) is 99.5 cm³/mol. The van der Waals surface area contributed by atoms with Crippen molar-refractivity contribution < 1.29 is 4.79 Å². The number of rotatable bonds is 5. The number of thiazole rings is 1. The first-order chi connectivity index (χ1) is 11.1. The van der Waals surface area contributed by atoms with Gasteiger partial charge in [0.25, 0.3) is 0 Å². The molecule has 0 aliphatic heterocycles. The van der Waals surface area contributed by atoms with E-state index in [9.17, 15) is 4.79 Å². The second kappa shape index (κ2) is 7.15. The van der Waals surface area contributed by atoms with E-state index < -0.39 is 0 Å². The highest BCUT2D eigenvalue weighted by atomic mass is 32.2. The van der Waals surface area contributed by atoms with Gasteiger partial charge in [0.1, 0.15) is 0 Å². The molecule has 2 aromatic carbocycles. The lowest BCUT2D eigenvalue weighted by Crippen LogP contribution is -2.14. The molecule has 0 fully saturated rings. The summed E-state index contributed by atoms with van der Waals surface area (Å²) >= 11 is 3.31. The number of thioether (sulfide) groups is 1. The third kappa shape index (κ3) is 4.12. The third-order valence-electron chi connectivity index (χ3n) is 3.39. The number of nitrogens with one attached hydrogen (secondary N) is 1. The number of anilines is 1. The van der Waals surface area contributed by atoms with Gasteiger partial charge < -0.3 is 5.32 Å². The van der Waals surface area contributed by atoms with Crippen LogP contribution in [0.2, 0.25) is 0 Å². The Balaban J connectivity index is 1.65. The Hall–Kier alpha value is -1.85. The Morgan fingerprint density at radius 1 is 1.22 bits per heavy atom. The van der Waals surface area contributed by atoms with Crippen molar-refractivity contribution in [2.75, 3.05) is 11.1 Å². The van der Waals surface area contributed by atoms with Crippen LogP contribution in [0.1, 0.15) is 18.1 Å². The minimum atomic E-state index is -0.0309. The standard InChI is InChI=1S/C18H18N2OS2/c1-3-22-14-7-5-13(6-8-14)11-17(21)20-18-19-15-9-4-12(2)10-16(15)23-18/h4-10H,3,11H2,1-2H3,(H,19,20,21). The number of aryl methyl sites for hydroxylation is 1. The van der Waals surface area contributed by atoms with Crippen LogP contribution in [-0.4, -0.2) is 16.6 Å². The Bertz CT molecular complexity index is 825. The second-order valence-corrected chi connectivity index (χ2v) is 7.66. The van der Waals surface area contributed by atoms with E-state index in [0.29, 0.717) is 11.6 Å². The van der Waals surface area contributed by atoms with Crippen LogP contribution >= 0.6 is 23.1 Å². The van der Waals surface area contributed by atoms with Gasteiger partial charge in [-0.3, -0.25) is 4.79 Å². The largest absolute Gasteiger partial charge is 0.302 e. The molecule has 0 saturated carbocycles. The van der Waals surface area contributed by atoms with Gasteiger partial charge in [0, 0.05) is 4.90 Å². The Morgan fingerprint density at radius 3 is 2.74 bits per heavy atom. The van der Waals surface area contributed by atoms with Crippen molar-refractivity contribution in [2.45, 2.75) is 25.2 Å². The summed E-state index contributed by atoms with van der Waals surface area (Å²) in [6.45, 7) is 4.18. The summed E-state index contributed by atoms with van der Waals surface area (Å²) < 4.78 is 1.10. The molecular weight excluding hydrogens is 324 g/mol. The molecule has 3 rings (SSSR count). The SMILES string of the molecule is CCSc1ccc(CC(=O)Nc2nc3ccc(C)cc3s2)cc1. The molecule has 5 heteroatoms. The number of hydrogen-bond donors (Lipinski definition) is 1. The van der Waals surface area contributed by atoms with Gasteiger partial charge in [0.05, 0.1) is 16.6 Å². The number of fused-ring (bicyclic) bond motifs is 1. The molecular formula is C18H18N2OS2. The fourth-order valence-electron chi connectivity index (χ4n) is 2.30. The molecule has 0 aliphatic carbocycles. The van der Waals surface area contributed by atoms with Crippen LogP contribution in [0, 0.1) is 6.92 Å². The zero-order valence-corrected chi connectivity index (χ0v) is 14.8. The number of benzene rings is 2. The first kappa shape index (κ1) is 16.0. The van der Waals surface area contributed by atoms with Gasteiger partial charge in [-0.2, -0.15) is 0 Å². The number of carbonyl (C=O) groups is 1. The van der Waals surface area contributed by atoms with Crippen LogP contribution in [0.5, 0.6) is 0 Å². The van der Waals surface area contributed by atoms with E-state index in [2.05, 4.69) is 42.3 Å². The highest BCUT2D eigenvalue weighted by Gasteiger charge is 2.09. The van der Waals surface area contributed by atoms with Crippen LogP contribution in [0.15, 0.2) is 47.4 Å². The van der Waals surface area contributed by atoms with Crippen molar-refractivity contribution in [1.29, 1.82) is 0 Å². The van der Waals surface area contributed by atoms with E-state index in [1.54, 1.807) is 11.8 Å². The monoisotopic (exact) mass is 342 g/mol. The average Bonchev–Trinajstić information content (AvgIpc) is 2.90. The summed E-state index contributed by atoms with van der Waals surface area (Å²) in [5.74, 6) is 1.02. The highest BCUT2D eigenvalue weighted by molar-refractivity contribution is 7.99. The molecule has 23 heavy (non-hydrogen) atoms. The van der Waals surface area contributed by atoms with Gasteiger partial charge in [0.15, 0.2) is 5.13 Å². The molecule has 1 heterocycles. The van der Waals surface area contributed by atoms with E-state index in [1.807, 2.05) is 24.3 Å². The summed E-state index contributed by atoms with van der Waals surface area (Å²) in [7, 11) is 0. The molecule has 0 radical (unpaired) electrons. The van der Waals surface area contributed by atoms with Gasteiger partial charge in [-0.15, -0.1) is 11.8 Å². The lowest BCUT2D eigenvalue weighted by molar-refractivity contribution is -0.115. The molecule has 1 aromatic heterocycles. The highest BCUT2D eigenvalue weighted by Crippen LogP contribution is 2.26. The molecule has 0 atom stereocenters. The van der Waals surface area contributed by atoms with Gasteiger partial charge in [-0.05, 0) is 48.1 Å². The van der Waals surface area contributed by atoms with Crippen molar-refractivity contribution in [2.24, 2.45) is 0 Å². The second-order valence-electron chi connectivity index (χ2n) is 5.29. The molecule has 0 bridgehead atoms. The summed E-state index contributed by atoms with van der Waals surface area (Å²) in [5.41, 5.74) is 3.14. The number of aromatic nitrogens is 1. The van der Waals surface area contributed by atoms with Crippen LogP contribution in [0.3, 0.4) is 0 Å². The molecule has 3 nitrogen and oxygen atoms in total. The molecule has 118 valence electrons. The molecule has 0 aliphatic rings. The van der Waals surface area contributed by atoms with Crippen molar-refractivity contribution in [1.82, 2.24) is 4.98 Å². The summed E-state index contributed by atoms with van der Waals surface area (Å²) in [6, 6.07) is 14.3. The first-order valence-electron chi connectivity index (χ1n) is 7.53. The summed E-state index contributed by atoms with van der Waals surface area (Å²) in [4.78, 5) is 17.9. The summed E-state index contributed by atoms with van der Waals surface area (Å²) in [5, 5.41) is 3.56. The lowest BCUT2D eigenvalue weighted by atomic mass is 10.1. The molecule has 0 spiro atoms. The Labute approximate surface area is 144 Å².